The number of rotatable bonds is 7. The second-order valence-corrected chi connectivity index (χ2v) is 7.76. The van der Waals surface area contributed by atoms with Crippen LogP contribution in [0.3, 0.4) is 0 Å². The van der Waals surface area contributed by atoms with Gasteiger partial charge in [-0.1, -0.05) is 32.1 Å². The highest BCUT2D eigenvalue weighted by atomic mass is 16.3. The van der Waals surface area contributed by atoms with Gasteiger partial charge < -0.3 is 14.9 Å². The van der Waals surface area contributed by atoms with Crippen LogP contribution in [-0.4, -0.2) is 60.1 Å². The monoisotopic (exact) mass is 310 g/mol. The Morgan fingerprint density at radius 1 is 1.05 bits per heavy atom. The molecular formula is C18H34N2O2. The molecule has 1 N–H and O–H groups in total. The zero-order valence-corrected chi connectivity index (χ0v) is 14.5. The van der Waals surface area contributed by atoms with E-state index in [0.717, 1.165) is 45.3 Å². The second kappa shape index (κ2) is 8.30. The largest absolute Gasteiger partial charge is 0.389 e. The number of aliphatic hydroxyl groups is 1. The minimum Gasteiger partial charge on any atom is -0.389 e. The van der Waals surface area contributed by atoms with Gasteiger partial charge >= 0.3 is 0 Å². The number of likely N-dealkylation sites (N-methyl/N-ethyl adjacent to an activating group) is 1. The van der Waals surface area contributed by atoms with Crippen molar-refractivity contribution in [1.29, 1.82) is 0 Å². The lowest BCUT2D eigenvalue weighted by Crippen LogP contribution is -2.43. The van der Waals surface area contributed by atoms with Crippen molar-refractivity contribution >= 4 is 5.91 Å². The molecule has 4 heteroatoms. The number of carbonyl (C=O) groups excluding carboxylic acids is 1. The highest BCUT2D eigenvalue weighted by Crippen LogP contribution is 2.33. The first-order chi connectivity index (χ1) is 10.5. The first-order valence-corrected chi connectivity index (χ1v) is 9.13. The third kappa shape index (κ3) is 5.54. The average molecular weight is 310 g/mol. The van der Waals surface area contributed by atoms with E-state index in [-0.39, 0.29) is 5.91 Å². The summed E-state index contributed by atoms with van der Waals surface area (Å²) < 4.78 is 0. The molecule has 0 heterocycles. The highest BCUT2D eigenvalue weighted by molar-refractivity contribution is 5.77. The molecule has 2 fully saturated rings. The lowest BCUT2D eigenvalue weighted by atomic mass is 9.88. The first kappa shape index (κ1) is 17.7. The van der Waals surface area contributed by atoms with Crippen LogP contribution in [-0.2, 0) is 4.79 Å². The molecule has 2 rings (SSSR count). The molecule has 2 aliphatic carbocycles. The van der Waals surface area contributed by atoms with Gasteiger partial charge in [0.1, 0.15) is 0 Å². The van der Waals surface area contributed by atoms with Crippen LogP contribution in [0.4, 0.5) is 0 Å². The van der Waals surface area contributed by atoms with Crippen molar-refractivity contribution in [3.05, 3.63) is 0 Å². The van der Waals surface area contributed by atoms with Gasteiger partial charge in [-0.2, -0.15) is 0 Å². The van der Waals surface area contributed by atoms with Gasteiger partial charge in [-0.15, -0.1) is 0 Å². The van der Waals surface area contributed by atoms with Crippen molar-refractivity contribution in [2.24, 2.45) is 5.92 Å². The summed E-state index contributed by atoms with van der Waals surface area (Å²) in [5.41, 5.74) is -0.722. The van der Waals surface area contributed by atoms with Crippen molar-refractivity contribution in [3.63, 3.8) is 0 Å². The normalized spacial score (nSPS) is 22.2. The lowest BCUT2D eigenvalue weighted by molar-refractivity contribution is -0.137. The molecule has 0 unspecified atom stereocenters. The van der Waals surface area contributed by atoms with Crippen LogP contribution in [0.15, 0.2) is 0 Å². The van der Waals surface area contributed by atoms with Crippen LogP contribution in [0.25, 0.3) is 0 Å². The van der Waals surface area contributed by atoms with Gasteiger partial charge in [0.2, 0.25) is 5.91 Å². The number of hydrogen-bond donors (Lipinski definition) is 1. The molecule has 0 aliphatic heterocycles. The fourth-order valence-corrected chi connectivity index (χ4v) is 3.92. The molecule has 0 saturated heterocycles. The molecule has 0 bridgehead atoms. The maximum Gasteiger partial charge on any atom is 0.225 e. The maximum absolute atomic E-state index is 12.7. The summed E-state index contributed by atoms with van der Waals surface area (Å²) in [6.45, 7) is 2.58. The van der Waals surface area contributed by atoms with Crippen LogP contribution in [0, 0.1) is 5.92 Å². The fraction of sp³-hybridized carbons (Fsp3) is 0.944. The van der Waals surface area contributed by atoms with Crippen LogP contribution >= 0.6 is 0 Å². The second-order valence-electron chi connectivity index (χ2n) is 7.76. The van der Waals surface area contributed by atoms with Gasteiger partial charge in [0.25, 0.3) is 0 Å². The molecule has 1 amide bonds. The summed E-state index contributed by atoms with van der Waals surface area (Å²) in [5.74, 6) is 0.829. The number of carbonyl (C=O) groups is 1. The molecular weight excluding hydrogens is 276 g/mol. The summed E-state index contributed by atoms with van der Waals surface area (Å²) in [6, 6.07) is 0. The van der Waals surface area contributed by atoms with E-state index in [1.165, 1.54) is 32.1 Å². The summed E-state index contributed by atoms with van der Waals surface area (Å²) in [6.07, 6.45) is 10.5. The molecule has 0 spiro atoms. The molecule has 2 aliphatic rings. The third-order valence-corrected chi connectivity index (χ3v) is 5.39. The molecule has 22 heavy (non-hydrogen) atoms. The Kier molecular flexibility index (Phi) is 6.69. The van der Waals surface area contributed by atoms with Crippen molar-refractivity contribution in [2.75, 3.05) is 33.7 Å². The summed E-state index contributed by atoms with van der Waals surface area (Å²) in [5, 5.41) is 10.5. The first-order valence-electron chi connectivity index (χ1n) is 9.13. The molecule has 0 aromatic heterocycles. The molecule has 0 aromatic carbocycles. The number of nitrogens with zero attached hydrogens (tertiary/aromatic N) is 2. The molecule has 4 nitrogen and oxygen atoms in total. The third-order valence-electron chi connectivity index (χ3n) is 5.39. The zero-order chi connectivity index (χ0) is 16.0. The Morgan fingerprint density at radius 3 is 2.27 bits per heavy atom. The minimum absolute atomic E-state index is 0.164. The predicted octanol–water partition coefficient (Wildman–Crippen LogP) is 2.65. The van der Waals surface area contributed by atoms with Gasteiger partial charge in [-0.25, -0.2) is 0 Å². The van der Waals surface area contributed by atoms with Crippen molar-refractivity contribution < 1.29 is 9.90 Å². The maximum atomic E-state index is 12.7. The summed E-state index contributed by atoms with van der Waals surface area (Å²) in [4.78, 5) is 16.9. The Labute approximate surface area is 135 Å². The average Bonchev–Trinajstić information content (AvgIpc) is 2.90. The van der Waals surface area contributed by atoms with Gasteiger partial charge in [-0.05, 0) is 45.7 Å². The Balaban J connectivity index is 1.90. The molecule has 0 aromatic rings. The summed E-state index contributed by atoms with van der Waals surface area (Å²) in [7, 11) is 4.10. The zero-order valence-electron chi connectivity index (χ0n) is 14.5. The van der Waals surface area contributed by atoms with E-state index in [9.17, 15) is 9.90 Å². The van der Waals surface area contributed by atoms with Gasteiger partial charge in [0.05, 0.1) is 12.0 Å². The van der Waals surface area contributed by atoms with Gasteiger partial charge in [0, 0.05) is 19.6 Å². The molecule has 0 radical (unpaired) electrons. The van der Waals surface area contributed by atoms with Crippen LogP contribution < -0.4 is 0 Å². The van der Waals surface area contributed by atoms with E-state index < -0.39 is 5.60 Å². The molecule has 2 saturated carbocycles. The standard InChI is InChI=1S/C18H34N2O2/c1-19(2)12-13-20(15-16-8-4-3-5-9-16)17(21)14-18(22)10-6-7-11-18/h16,22H,3-15H2,1-2H3. The van der Waals surface area contributed by atoms with E-state index in [0.29, 0.717) is 12.3 Å². The van der Waals surface area contributed by atoms with Crippen molar-refractivity contribution in [2.45, 2.75) is 69.8 Å². The molecule has 0 atom stereocenters. The Morgan fingerprint density at radius 2 is 1.68 bits per heavy atom. The smallest absolute Gasteiger partial charge is 0.225 e. The van der Waals surface area contributed by atoms with E-state index in [4.69, 9.17) is 0 Å². The van der Waals surface area contributed by atoms with Gasteiger partial charge in [-0.3, -0.25) is 4.79 Å². The van der Waals surface area contributed by atoms with E-state index in [2.05, 4.69) is 4.90 Å². The fourth-order valence-electron chi connectivity index (χ4n) is 3.92. The SMILES string of the molecule is CN(C)CCN(CC1CCCCC1)C(=O)CC1(O)CCCC1. The predicted molar refractivity (Wildman–Crippen MR) is 89.7 cm³/mol. The van der Waals surface area contributed by atoms with Crippen molar-refractivity contribution in [1.82, 2.24) is 9.80 Å². The Hall–Kier alpha value is -0.610. The summed E-state index contributed by atoms with van der Waals surface area (Å²) >= 11 is 0. The van der Waals surface area contributed by atoms with Crippen molar-refractivity contribution in [3.8, 4) is 0 Å². The van der Waals surface area contributed by atoms with Crippen LogP contribution in [0.5, 0.6) is 0 Å². The van der Waals surface area contributed by atoms with Gasteiger partial charge in [0.15, 0.2) is 0 Å². The lowest BCUT2D eigenvalue weighted by Gasteiger charge is -2.33. The number of hydrogen-bond acceptors (Lipinski definition) is 3. The Bertz CT molecular complexity index is 345. The van der Waals surface area contributed by atoms with E-state index in [1.54, 1.807) is 0 Å². The van der Waals surface area contributed by atoms with Crippen LogP contribution in [0.2, 0.25) is 0 Å². The number of amides is 1. The van der Waals surface area contributed by atoms with Crippen LogP contribution in [0.1, 0.15) is 64.2 Å². The van der Waals surface area contributed by atoms with E-state index in [1.807, 2.05) is 19.0 Å². The quantitative estimate of drug-likeness (QED) is 0.786. The highest BCUT2D eigenvalue weighted by Gasteiger charge is 2.35. The topological polar surface area (TPSA) is 43.8 Å². The minimum atomic E-state index is -0.722. The van der Waals surface area contributed by atoms with E-state index >= 15 is 0 Å². The molecule has 128 valence electrons.